The van der Waals surface area contributed by atoms with E-state index in [0.29, 0.717) is 46.2 Å². The van der Waals surface area contributed by atoms with E-state index in [1.54, 1.807) is 18.2 Å². The predicted octanol–water partition coefficient (Wildman–Crippen LogP) is 6.20. The highest BCUT2D eigenvalue weighted by atomic mass is 35.5. The largest absolute Gasteiger partial charge is 0.488 e. The van der Waals surface area contributed by atoms with Gasteiger partial charge in [-0.3, -0.25) is 4.79 Å². The summed E-state index contributed by atoms with van der Waals surface area (Å²) < 4.78 is 11.8. The average molecular weight is 461 g/mol. The second-order valence-corrected chi connectivity index (χ2v) is 9.66. The molecule has 8 heteroatoms. The van der Waals surface area contributed by atoms with Gasteiger partial charge >= 0.3 is 5.97 Å². The monoisotopic (exact) mass is 460 g/mol. The van der Waals surface area contributed by atoms with Gasteiger partial charge in [0.15, 0.2) is 0 Å². The van der Waals surface area contributed by atoms with Gasteiger partial charge in [-0.05, 0) is 35.6 Å². The van der Waals surface area contributed by atoms with Gasteiger partial charge in [0.05, 0.1) is 11.5 Å². The van der Waals surface area contributed by atoms with Crippen molar-refractivity contribution in [3.63, 3.8) is 0 Å². The molecule has 3 aromatic rings. The van der Waals surface area contributed by atoms with E-state index in [1.165, 1.54) is 11.8 Å². The molecule has 1 atom stereocenters. The second kappa shape index (κ2) is 10.2. The molecule has 0 aliphatic carbocycles. The van der Waals surface area contributed by atoms with E-state index in [0.717, 1.165) is 5.56 Å². The number of aliphatic carboxylic acids is 1. The number of rotatable bonds is 9. The number of carboxylic acid groups (broad SMARTS) is 1. The molecule has 164 valence electrons. The van der Waals surface area contributed by atoms with Gasteiger partial charge in [-0.1, -0.05) is 74.5 Å². The van der Waals surface area contributed by atoms with Crippen molar-refractivity contribution < 1.29 is 19.1 Å². The minimum atomic E-state index is -0.791. The lowest BCUT2D eigenvalue weighted by Gasteiger charge is -2.26. The third-order valence-electron chi connectivity index (χ3n) is 4.79. The van der Waals surface area contributed by atoms with E-state index < -0.39 is 11.9 Å². The number of hydrogen-bond donors (Lipinski definition) is 1. The first-order valence-electron chi connectivity index (χ1n) is 9.90. The van der Waals surface area contributed by atoms with Gasteiger partial charge in [-0.15, -0.1) is 10.2 Å². The number of thioether (sulfide) groups is 1. The molecule has 0 radical (unpaired) electrons. The van der Waals surface area contributed by atoms with Crippen LogP contribution in [0.25, 0.3) is 11.5 Å². The molecule has 0 saturated heterocycles. The standard InChI is InChI=1S/C23H25ClN2O4S/c1-23(2,3)18(21(27)28)11-12-31-22-26-25-20(30-22)17-10-9-16(24)13-19(17)29-14-15-7-5-4-6-8-15/h4-10,13,18H,11-12,14H2,1-3H3,(H,27,28). The maximum atomic E-state index is 11.5. The Hall–Kier alpha value is -2.51. The lowest BCUT2D eigenvalue weighted by atomic mass is 9.79. The van der Waals surface area contributed by atoms with Crippen LogP contribution in [-0.4, -0.2) is 27.0 Å². The number of aromatic nitrogens is 2. The average Bonchev–Trinajstić information content (AvgIpc) is 3.18. The van der Waals surface area contributed by atoms with Crippen molar-refractivity contribution in [3.05, 3.63) is 59.1 Å². The summed E-state index contributed by atoms with van der Waals surface area (Å²) in [6.45, 7) is 6.17. The van der Waals surface area contributed by atoms with Crippen LogP contribution in [-0.2, 0) is 11.4 Å². The third-order valence-corrected chi connectivity index (χ3v) is 5.88. The Labute approximate surface area is 191 Å². The molecule has 6 nitrogen and oxygen atoms in total. The normalized spacial score (nSPS) is 12.5. The van der Waals surface area contributed by atoms with Crippen LogP contribution in [0, 0.1) is 11.3 Å². The van der Waals surface area contributed by atoms with Crippen LogP contribution >= 0.6 is 23.4 Å². The van der Waals surface area contributed by atoms with Crippen molar-refractivity contribution in [1.29, 1.82) is 0 Å². The Morgan fingerprint density at radius 3 is 2.61 bits per heavy atom. The van der Waals surface area contributed by atoms with E-state index in [-0.39, 0.29) is 5.41 Å². The van der Waals surface area contributed by atoms with Gasteiger partial charge in [0.25, 0.3) is 11.1 Å². The highest BCUT2D eigenvalue weighted by Crippen LogP contribution is 2.35. The minimum absolute atomic E-state index is 0.319. The summed E-state index contributed by atoms with van der Waals surface area (Å²) >= 11 is 7.50. The quantitative estimate of drug-likeness (QED) is 0.380. The number of ether oxygens (including phenoxy) is 1. The number of nitrogens with zero attached hydrogens (tertiary/aromatic N) is 2. The van der Waals surface area contributed by atoms with Crippen LogP contribution in [0.3, 0.4) is 0 Å². The summed E-state index contributed by atoms with van der Waals surface area (Å²) in [5, 5.41) is 18.6. The Kier molecular flexibility index (Phi) is 7.62. The van der Waals surface area contributed by atoms with Crippen molar-refractivity contribution in [2.75, 3.05) is 5.75 Å². The number of carbonyl (C=O) groups is 1. The molecule has 0 saturated carbocycles. The molecule has 1 heterocycles. The Morgan fingerprint density at radius 1 is 1.19 bits per heavy atom. The highest BCUT2D eigenvalue weighted by Gasteiger charge is 2.30. The molecule has 31 heavy (non-hydrogen) atoms. The predicted molar refractivity (Wildman–Crippen MR) is 121 cm³/mol. The van der Waals surface area contributed by atoms with E-state index in [4.69, 9.17) is 20.8 Å². The van der Waals surface area contributed by atoms with Crippen molar-refractivity contribution in [2.24, 2.45) is 11.3 Å². The zero-order valence-electron chi connectivity index (χ0n) is 17.7. The van der Waals surface area contributed by atoms with Crippen LogP contribution in [0.4, 0.5) is 0 Å². The van der Waals surface area contributed by atoms with E-state index in [2.05, 4.69) is 10.2 Å². The third kappa shape index (κ3) is 6.48. The Bertz CT molecular complexity index is 1020. The number of carboxylic acids is 1. The molecule has 0 aliphatic rings. The molecule has 2 aromatic carbocycles. The lowest BCUT2D eigenvalue weighted by Crippen LogP contribution is -2.28. The summed E-state index contributed by atoms with van der Waals surface area (Å²) in [6.07, 6.45) is 0.508. The second-order valence-electron chi connectivity index (χ2n) is 8.18. The maximum absolute atomic E-state index is 11.5. The van der Waals surface area contributed by atoms with Crippen LogP contribution < -0.4 is 4.74 Å². The van der Waals surface area contributed by atoms with Gasteiger partial charge in [0.1, 0.15) is 12.4 Å². The van der Waals surface area contributed by atoms with Crippen molar-refractivity contribution in [2.45, 2.75) is 39.0 Å². The molecule has 1 unspecified atom stereocenters. The van der Waals surface area contributed by atoms with Crippen LogP contribution in [0.15, 0.2) is 58.2 Å². The molecular weight excluding hydrogens is 436 g/mol. The zero-order valence-corrected chi connectivity index (χ0v) is 19.2. The summed E-state index contributed by atoms with van der Waals surface area (Å²) in [7, 11) is 0. The maximum Gasteiger partial charge on any atom is 0.307 e. The molecular formula is C23H25ClN2O4S. The first kappa shape index (κ1) is 23.2. The zero-order chi connectivity index (χ0) is 22.4. The first-order valence-corrected chi connectivity index (χ1v) is 11.3. The van der Waals surface area contributed by atoms with Crippen molar-refractivity contribution in [3.8, 4) is 17.2 Å². The van der Waals surface area contributed by atoms with Crippen LogP contribution in [0.2, 0.25) is 5.02 Å². The molecule has 0 fully saturated rings. The molecule has 3 rings (SSSR count). The first-order chi connectivity index (χ1) is 14.7. The van der Waals surface area contributed by atoms with Crippen LogP contribution in [0.5, 0.6) is 5.75 Å². The molecule has 0 amide bonds. The fourth-order valence-corrected chi connectivity index (χ4v) is 4.02. The highest BCUT2D eigenvalue weighted by molar-refractivity contribution is 7.99. The summed E-state index contributed by atoms with van der Waals surface area (Å²) in [4.78, 5) is 11.5. The summed E-state index contributed by atoms with van der Waals surface area (Å²) in [5.41, 5.74) is 1.36. The van der Waals surface area contributed by atoms with Gasteiger partial charge in [0.2, 0.25) is 0 Å². The van der Waals surface area contributed by atoms with E-state index in [1.807, 2.05) is 51.1 Å². The number of hydrogen-bond acceptors (Lipinski definition) is 6. The minimum Gasteiger partial charge on any atom is -0.488 e. The fourth-order valence-electron chi connectivity index (χ4n) is 3.10. The van der Waals surface area contributed by atoms with Gasteiger partial charge < -0.3 is 14.3 Å². The SMILES string of the molecule is CC(C)(C)C(CCSc1nnc(-c2ccc(Cl)cc2OCc2ccccc2)o1)C(=O)O. The van der Waals surface area contributed by atoms with E-state index in [9.17, 15) is 9.90 Å². The molecule has 0 spiro atoms. The molecule has 0 aliphatic heterocycles. The van der Waals surface area contributed by atoms with Crippen molar-refractivity contribution >= 4 is 29.3 Å². The van der Waals surface area contributed by atoms with Crippen molar-refractivity contribution in [1.82, 2.24) is 10.2 Å². The van der Waals surface area contributed by atoms with E-state index >= 15 is 0 Å². The number of halogens is 1. The topological polar surface area (TPSA) is 85.5 Å². The van der Waals surface area contributed by atoms with Gasteiger partial charge in [0, 0.05) is 10.8 Å². The molecule has 1 aromatic heterocycles. The summed E-state index contributed by atoms with van der Waals surface area (Å²) in [6, 6.07) is 15.1. The summed E-state index contributed by atoms with van der Waals surface area (Å²) in [5.74, 6) is 0.203. The molecule has 1 N–H and O–H groups in total. The van der Waals surface area contributed by atoms with Gasteiger partial charge in [-0.25, -0.2) is 0 Å². The number of benzene rings is 2. The fraction of sp³-hybridized carbons (Fsp3) is 0.348. The van der Waals surface area contributed by atoms with Gasteiger partial charge in [-0.2, -0.15) is 0 Å². The Morgan fingerprint density at radius 2 is 1.94 bits per heavy atom. The lowest BCUT2D eigenvalue weighted by molar-refractivity contribution is -0.145. The van der Waals surface area contributed by atoms with Crippen LogP contribution in [0.1, 0.15) is 32.8 Å². The molecule has 0 bridgehead atoms. The Balaban J connectivity index is 1.68. The smallest absolute Gasteiger partial charge is 0.307 e.